The van der Waals surface area contributed by atoms with E-state index in [-0.39, 0.29) is 12.1 Å². The van der Waals surface area contributed by atoms with Crippen LogP contribution >= 0.6 is 0 Å². The molecule has 216 valence electrons. The zero-order valence-corrected chi connectivity index (χ0v) is 25.2. The zero-order chi connectivity index (χ0) is 30.5. The Hall–Kier alpha value is -5.36. The van der Waals surface area contributed by atoms with Crippen LogP contribution in [-0.2, 0) is 0 Å². The maximum atomic E-state index is 13.7. The molecule has 0 saturated heterocycles. The molecule has 0 aliphatic rings. The van der Waals surface area contributed by atoms with Gasteiger partial charge in [-0.1, -0.05) is 70.8 Å². The predicted molar refractivity (Wildman–Crippen MR) is 178 cm³/mol. The monoisotopic (exact) mass is 568 g/mol. The third-order valence-electron chi connectivity index (χ3n) is 7.29. The second kappa shape index (κ2) is 12.7. The lowest BCUT2D eigenvalue weighted by Gasteiger charge is -2.25. The van der Waals surface area contributed by atoms with E-state index in [9.17, 15) is 9.59 Å². The van der Waals surface area contributed by atoms with Gasteiger partial charge in [0.05, 0.1) is 22.7 Å². The summed E-state index contributed by atoms with van der Waals surface area (Å²) < 4.78 is 0. The predicted octanol–water partition coefficient (Wildman–Crippen LogP) is 9.97. The molecule has 0 fully saturated rings. The van der Waals surface area contributed by atoms with Crippen LogP contribution in [0.1, 0.15) is 27.8 Å². The fraction of sp³-hybridized carbons (Fsp3) is 0.135. The molecule has 5 aromatic rings. The molecule has 0 bridgehead atoms. The highest BCUT2D eigenvalue weighted by atomic mass is 16.2. The average molecular weight is 569 g/mol. The van der Waals surface area contributed by atoms with E-state index >= 15 is 0 Å². The van der Waals surface area contributed by atoms with Crippen molar-refractivity contribution in [3.8, 4) is 0 Å². The van der Waals surface area contributed by atoms with Crippen LogP contribution in [0.5, 0.6) is 0 Å². The minimum atomic E-state index is -0.284. The van der Waals surface area contributed by atoms with Gasteiger partial charge in [0.25, 0.3) is 0 Å². The van der Waals surface area contributed by atoms with Gasteiger partial charge in [0, 0.05) is 11.4 Å². The van der Waals surface area contributed by atoms with Crippen molar-refractivity contribution in [2.24, 2.45) is 0 Å². The van der Waals surface area contributed by atoms with Crippen molar-refractivity contribution in [1.29, 1.82) is 0 Å². The molecule has 5 rings (SSSR count). The lowest BCUT2D eigenvalue weighted by Crippen LogP contribution is -2.31. The molecule has 0 spiro atoms. The number of aryl methyl sites for hydroxylation is 5. The molecule has 0 unspecified atom stereocenters. The van der Waals surface area contributed by atoms with Crippen LogP contribution in [0.15, 0.2) is 115 Å². The van der Waals surface area contributed by atoms with E-state index in [1.165, 1.54) is 0 Å². The molecule has 0 aromatic heterocycles. The van der Waals surface area contributed by atoms with Gasteiger partial charge in [-0.25, -0.2) is 9.59 Å². The fourth-order valence-electron chi connectivity index (χ4n) is 4.77. The van der Waals surface area contributed by atoms with Crippen LogP contribution in [0.25, 0.3) is 0 Å². The van der Waals surface area contributed by atoms with E-state index in [0.717, 1.165) is 50.6 Å². The van der Waals surface area contributed by atoms with E-state index in [2.05, 4.69) is 10.6 Å². The number of carbonyl (C=O) groups excluding carboxylic acids is 2. The summed E-state index contributed by atoms with van der Waals surface area (Å²) in [5.41, 5.74) is 9.61. The second-order valence-corrected chi connectivity index (χ2v) is 10.9. The van der Waals surface area contributed by atoms with Crippen LogP contribution in [-0.4, -0.2) is 12.1 Å². The fourth-order valence-corrected chi connectivity index (χ4v) is 4.77. The highest BCUT2D eigenvalue weighted by Gasteiger charge is 2.21. The average Bonchev–Trinajstić information content (AvgIpc) is 2.99. The van der Waals surface area contributed by atoms with Crippen LogP contribution in [0.3, 0.4) is 0 Å². The standard InChI is InChI=1S/C37H36N4O2/c1-25-6-15-31(16-7-25)40(32-17-8-26(2)9-18-32)36(42)38-30-14-23-35(29(5)24-30)39-37(43)41(33-19-10-27(3)11-20-33)34-21-12-28(4)13-22-34/h6-24H,1-5H3,(H,38,42)(H,39,43). The zero-order valence-electron chi connectivity index (χ0n) is 25.2. The first-order chi connectivity index (χ1) is 20.7. The summed E-state index contributed by atoms with van der Waals surface area (Å²) in [4.78, 5) is 30.7. The molecule has 0 radical (unpaired) electrons. The Morgan fingerprint density at radius 3 is 1.09 bits per heavy atom. The van der Waals surface area contributed by atoms with Crippen molar-refractivity contribution in [2.45, 2.75) is 34.6 Å². The third kappa shape index (κ3) is 6.93. The summed E-state index contributed by atoms with van der Waals surface area (Å²) in [6.07, 6.45) is 0. The third-order valence-corrected chi connectivity index (χ3v) is 7.29. The lowest BCUT2D eigenvalue weighted by molar-refractivity contribution is 0.258. The maximum Gasteiger partial charge on any atom is 0.330 e. The molecule has 0 atom stereocenters. The normalized spacial score (nSPS) is 10.6. The number of urea groups is 2. The summed E-state index contributed by atoms with van der Waals surface area (Å²) in [6, 6.07) is 36.3. The second-order valence-electron chi connectivity index (χ2n) is 10.9. The summed E-state index contributed by atoms with van der Waals surface area (Å²) in [5, 5.41) is 6.10. The number of rotatable bonds is 6. The Labute approximate surface area is 253 Å². The van der Waals surface area contributed by atoms with Gasteiger partial charge in [0.2, 0.25) is 0 Å². The van der Waals surface area contributed by atoms with Crippen LogP contribution in [0.4, 0.5) is 43.7 Å². The van der Waals surface area contributed by atoms with Gasteiger partial charge in [0.1, 0.15) is 0 Å². The highest BCUT2D eigenvalue weighted by molar-refractivity contribution is 6.09. The largest absolute Gasteiger partial charge is 0.330 e. The molecule has 0 aliphatic heterocycles. The smallest absolute Gasteiger partial charge is 0.307 e. The highest BCUT2D eigenvalue weighted by Crippen LogP contribution is 2.30. The molecule has 2 N–H and O–H groups in total. The maximum absolute atomic E-state index is 13.7. The molecule has 5 aromatic carbocycles. The van der Waals surface area contributed by atoms with E-state index < -0.39 is 0 Å². The summed E-state index contributed by atoms with van der Waals surface area (Å²) in [5.74, 6) is 0. The molecule has 0 heterocycles. The van der Waals surface area contributed by atoms with Crippen molar-refractivity contribution in [1.82, 2.24) is 0 Å². The molecular formula is C37H36N4O2. The van der Waals surface area contributed by atoms with Crippen molar-refractivity contribution in [2.75, 3.05) is 20.4 Å². The first-order valence-corrected chi connectivity index (χ1v) is 14.3. The van der Waals surface area contributed by atoms with E-state index in [0.29, 0.717) is 11.4 Å². The van der Waals surface area contributed by atoms with Gasteiger partial charge in [-0.2, -0.15) is 0 Å². The van der Waals surface area contributed by atoms with Gasteiger partial charge < -0.3 is 10.6 Å². The van der Waals surface area contributed by atoms with Crippen LogP contribution in [0.2, 0.25) is 0 Å². The van der Waals surface area contributed by atoms with Crippen LogP contribution in [0, 0.1) is 34.6 Å². The molecule has 4 amide bonds. The van der Waals surface area contributed by atoms with E-state index in [1.807, 2.05) is 144 Å². The van der Waals surface area contributed by atoms with Gasteiger partial charge in [0.15, 0.2) is 0 Å². The molecule has 6 heteroatoms. The first kappa shape index (κ1) is 29.1. The Morgan fingerprint density at radius 2 is 0.767 bits per heavy atom. The Morgan fingerprint density at radius 1 is 0.442 bits per heavy atom. The van der Waals surface area contributed by atoms with Gasteiger partial charge in [-0.3, -0.25) is 9.80 Å². The number of nitrogens with zero attached hydrogens (tertiary/aromatic N) is 2. The lowest BCUT2D eigenvalue weighted by atomic mass is 10.1. The number of hydrogen-bond donors (Lipinski definition) is 2. The van der Waals surface area contributed by atoms with Gasteiger partial charge >= 0.3 is 12.1 Å². The van der Waals surface area contributed by atoms with Crippen molar-refractivity contribution in [3.05, 3.63) is 143 Å². The minimum absolute atomic E-state index is 0.280. The topological polar surface area (TPSA) is 64.7 Å². The molecular weight excluding hydrogens is 532 g/mol. The Kier molecular flexibility index (Phi) is 8.58. The number of amides is 4. The minimum Gasteiger partial charge on any atom is -0.307 e. The van der Waals surface area contributed by atoms with Gasteiger partial charge in [-0.05, 0) is 107 Å². The molecule has 43 heavy (non-hydrogen) atoms. The van der Waals surface area contributed by atoms with E-state index in [4.69, 9.17) is 0 Å². The quantitative estimate of drug-likeness (QED) is 0.214. The van der Waals surface area contributed by atoms with Crippen molar-refractivity contribution < 1.29 is 9.59 Å². The van der Waals surface area contributed by atoms with Crippen molar-refractivity contribution in [3.63, 3.8) is 0 Å². The number of benzene rings is 5. The number of hydrogen-bond acceptors (Lipinski definition) is 2. The molecule has 6 nitrogen and oxygen atoms in total. The number of carbonyl (C=O) groups is 2. The van der Waals surface area contributed by atoms with E-state index in [1.54, 1.807) is 15.9 Å². The molecule has 0 saturated carbocycles. The summed E-state index contributed by atoms with van der Waals surface area (Å²) in [7, 11) is 0. The Balaban J connectivity index is 1.38. The SMILES string of the molecule is Cc1ccc(N(C(=O)Nc2ccc(NC(=O)N(c3ccc(C)cc3)c3ccc(C)cc3)c(C)c2)c2ccc(C)cc2)cc1. The summed E-state index contributed by atoms with van der Waals surface area (Å²) in [6.45, 7) is 9.98. The summed E-state index contributed by atoms with van der Waals surface area (Å²) >= 11 is 0. The Bertz CT molecular complexity index is 1640. The van der Waals surface area contributed by atoms with Gasteiger partial charge in [-0.15, -0.1) is 0 Å². The number of nitrogens with one attached hydrogen (secondary N) is 2. The molecule has 0 aliphatic carbocycles. The van der Waals surface area contributed by atoms with Crippen LogP contribution < -0.4 is 20.4 Å². The number of anilines is 6. The first-order valence-electron chi connectivity index (χ1n) is 14.3. The van der Waals surface area contributed by atoms with Crippen molar-refractivity contribution >= 4 is 46.2 Å².